The van der Waals surface area contributed by atoms with E-state index >= 15 is 0 Å². The molecule has 0 saturated carbocycles. The lowest BCUT2D eigenvalue weighted by Crippen LogP contribution is -2.50. The van der Waals surface area contributed by atoms with Gasteiger partial charge in [0.05, 0.1) is 29.7 Å². The summed E-state index contributed by atoms with van der Waals surface area (Å²) < 4.78 is 19.2. The number of hydrogen-bond acceptors (Lipinski definition) is 5. The van der Waals surface area contributed by atoms with E-state index in [2.05, 4.69) is 9.97 Å². The van der Waals surface area contributed by atoms with Crippen LogP contribution in [0.15, 0.2) is 36.7 Å². The summed E-state index contributed by atoms with van der Waals surface area (Å²) in [6, 6.07) is 5.89. The molecule has 25 heavy (non-hydrogen) atoms. The van der Waals surface area contributed by atoms with Crippen LogP contribution in [0.3, 0.4) is 0 Å². The van der Waals surface area contributed by atoms with Crippen molar-refractivity contribution in [3.05, 3.63) is 48.2 Å². The SMILES string of the molecule is CC(C)(N)C(=O)N1CCC[C@H]1c1cncc(Oc2ccccc2F)n1. The maximum atomic E-state index is 13.7. The zero-order chi connectivity index (χ0) is 18.0. The van der Waals surface area contributed by atoms with E-state index in [1.165, 1.54) is 18.3 Å². The average Bonchev–Trinajstić information content (AvgIpc) is 3.05. The summed E-state index contributed by atoms with van der Waals surface area (Å²) >= 11 is 0. The van der Waals surface area contributed by atoms with Gasteiger partial charge in [-0.25, -0.2) is 9.37 Å². The highest BCUT2D eigenvalue weighted by atomic mass is 19.1. The fourth-order valence-corrected chi connectivity index (χ4v) is 2.90. The third kappa shape index (κ3) is 3.76. The number of aromatic nitrogens is 2. The van der Waals surface area contributed by atoms with Crippen LogP contribution in [0, 0.1) is 5.82 Å². The summed E-state index contributed by atoms with van der Waals surface area (Å²) in [5, 5.41) is 0. The normalized spacial score (nSPS) is 17.6. The molecule has 1 aromatic heterocycles. The Bertz CT molecular complexity index is 776. The van der Waals surface area contributed by atoms with Gasteiger partial charge < -0.3 is 15.4 Å². The molecule has 0 bridgehead atoms. The molecule has 1 aliphatic rings. The van der Waals surface area contributed by atoms with E-state index in [1.807, 2.05) is 0 Å². The quantitative estimate of drug-likeness (QED) is 0.922. The lowest BCUT2D eigenvalue weighted by Gasteiger charge is -2.30. The minimum absolute atomic E-state index is 0.0800. The van der Waals surface area contributed by atoms with Gasteiger partial charge in [0.2, 0.25) is 11.8 Å². The van der Waals surface area contributed by atoms with Gasteiger partial charge in [-0.05, 0) is 38.8 Å². The van der Waals surface area contributed by atoms with Crippen molar-refractivity contribution in [2.24, 2.45) is 5.73 Å². The van der Waals surface area contributed by atoms with Crippen LogP contribution in [0.2, 0.25) is 0 Å². The molecule has 1 atom stereocenters. The van der Waals surface area contributed by atoms with Crippen LogP contribution in [0.5, 0.6) is 11.6 Å². The van der Waals surface area contributed by atoms with Gasteiger partial charge >= 0.3 is 0 Å². The monoisotopic (exact) mass is 344 g/mol. The Kier molecular flexibility index (Phi) is 4.67. The van der Waals surface area contributed by atoms with E-state index in [0.717, 1.165) is 12.8 Å². The van der Waals surface area contributed by atoms with E-state index in [0.29, 0.717) is 12.2 Å². The Hall–Kier alpha value is -2.54. The lowest BCUT2D eigenvalue weighted by molar-refractivity contribution is -0.136. The van der Waals surface area contributed by atoms with Gasteiger partial charge in [0.1, 0.15) is 0 Å². The fourth-order valence-electron chi connectivity index (χ4n) is 2.90. The molecule has 1 amide bonds. The van der Waals surface area contributed by atoms with E-state index < -0.39 is 11.4 Å². The molecule has 0 spiro atoms. The Morgan fingerprint density at radius 1 is 1.36 bits per heavy atom. The summed E-state index contributed by atoms with van der Waals surface area (Å²) in [4.78, 5) is 22.8. The first-order valence-electron chi connectivity index (χ1n) is 8.20. The molecule has 0 aliphatic carbocycles. The number of rotatable bonds is 4. The van der Waals surface area contributed by atoms with Crippen molar-refractivity contribution in [2.75, 3.05) is 6.54 Å². The number of para-hydroxylation sites is 1. The van der Waals surface area contributed by atoms with E-state index in [4.69, 9.17) is 10.5 Å². The van der Waals surface area contributed by atoms with Crippen molar-refractivity contribution in [1.82, 2.24) is 14.9 Å². The van der Waals surface area contributed by atoms with Crippen LogP contribution < -0.4 is 10.5 Å². The first-order valence-corrected chi connectivity index (χ1v) is 8.20. The number of benzene rings is 1. The van der Waals surface area contributed by atoms with Gasteiger partial charge in [-0.15, -0.1) is 0 Å². The molecule has 6 nitrogen and oxygen atoms in total. The number of carbonyl (C=O) groups excluding carboxylic acids is 1. The van der Waals surface area contributed by atoms with Crippen LogP contribution >= 0.6 is 0 Å². The number of carbonyl (C=O) groups is 1. The molecular formula is C18H21FN4O2. The molecule has 3 rings (SSSR count). The highest BCUT2D eigenvalue weighted by Crippen LogP contribution is 2.33. The molecule has 0 radical (unpaired) electrons. The maximum Gasteiger partial charge on any atom is 0.242 e. The molecule has 1 fully saturated rings. The van der Waals surface area contributed by atoms with Crippen molar-refractivity contribution >= 4 is 5.91 Å². The summed E-state index contributed by atoms with van der Waals surface area (Å²) in [6.07, 6.45) is 4.67. The predicted molar refractivity (Wildman–Crippen MR) is 90.5 cm³/mol. The highest BCUT2D eigenvalue weighted by Gasteiger charge is 2.37. The molecule has 1 aliphatic heterocycles. The largest absolute Gasteiger partial charge is 0.434 e. The van der Waals surface area contributed by atoms with Crippen molar-refractivity contribution in [1.29, 1.82) is 0 Å². The smallest absolute Gasteiger partial charge is 0.242 e. The van der Waals surface area contributed by atoms with Gasteiger partial charge in [-0.1, -0.05) is 12.1 Å². The second kappa shape index (κ2) is 6.76. The number of nitrogens with two attached hydrogens (primary N) is 1. The standard InChI is InChI=1S/C18H21FN4O2/c1-18(2,20)17(24)23-9-5-7-14(23)13-10-21-11-16(22-13)25-15-8-4-3-6-12(15)19/h3-4,6,8,10-11,14H,5,7,9,20H2,1-2H3/t14-/m0/s1. The molecule has 1 aromatic carbocycles. The van der Waals surface area contributed by atoms with Crippen LogP contribution in [0.1, 0.15) is 38.4 Å². The van der Waals surface area contributed by atoms with E-state index in [9.17, 15) is 9.18 Å². The van der Waals surface area contributed by atoms with E-state index in [-0.39, 0.29) is 23.6 Å². The van der Waals surface area contributed by atoms with Crippen LogP contribution in [0.25, 0.3) is 0 Å². The Morgan fingerprint density at radius 3 is 2.84 bits per heavy atom. The van der Waals surface area contributed by atoms with Crippen molar-refractivity contribution in [3.63, 3.8) is 0 Å². The predicted octanol–water partition coefficient (Wildman–Crippen LogP) is 2.81. The third-order valence-electron chi connectivity index (χ3n) is 4.09. The van der Waals surface area contributed by atoms with Gasteiger partial charge in [-0.2, -0.15) is 0 Å². The average molecular weight is 344 g/mol. The third-order valence-corrected chi connectivity index (χ3v) is 4.09. The minimum atomic E-state index is -0.947. The molecular weight excluding hydrogens is 323 g/mol. The number of nitrogens with zero attached hydrogens (tertiary/aromatic N) is 3. The molecule has 2 N–H and O–H groups in total. The molecule has 7 heteroatoms. The minimum Gasteiger partial charge on any atom is -0.434 e. The van der Waals surface area contributed by atoms with Crippen LogP contribution in [-0.4, -0.2) is 32.9 Å². The topological polar surface area (TPSA) is 81.3 Å². The number of likely N-dealkylation sites (tertiary alicyclic amines) is 1. The Morgan fingerprint density at radius 2 is 2.12 bits per heavy atom. The molecule has 1 saturated heterocycles. The molecule has 2 aromatic rings. The molecule has 132 valence electrons. The molecule has 2 heterocycles. The maximum absolute atomic E-state index is 13.7. The summed E-state index contributed by atoms with van der Waals surface area (Å²) in [5.41, 5.74) is 5.62. The fraction of sp³-hybridized carbons (Fsp3) is 0.389. The number of hydrogen-bond donors (Lipinski definition) is 1. The van der Waals surface area contributed by atoms with Crippen LogP contribution in [0.4, 0.5) is 4.39 Å². The zero-order valence-corrected chi connectivity index (χ0v) is 14.3. The zero-order valence-electron chi connectivity index (χ0n) is 14.3. The first kappa shape index (κ1) is 17.3. The highest BCUT2D eigenvalue weighted by molar-refractivity contribution is 5.85. The van der Waals surface area contributed by atoms with E-state index in [1.54, 1.807) is 37.1 Å². The van der Waals surface area contributed by atoms with Crippen molar-refractivity contribution in [3.8, 4) is 11.6 Å². The Labute approximate surface area is 145 Å². The molecule has 0 unspecified atom stereocenters. The number of halogens is 1. The summed E-state index contributed by atoms with van der Waals surface area (Å²) in [7, 11) is 0. The van der Waals surface area contributed by atoms with Gasteiger partial charge in [0.25, 0.3) is 0 Å². The first-order chi connectivity index (χ1) is 11.9. The second-order valence-corrected chi connectivity index (χ2v) is 6.69. The number of amides is 1. The lowest BCUT2D eigenvalue weighted by atomic mass is 10.0. The van der Waals surface area contributed by atoms with Crippen molar-refractivity contribution < 1.29 is 13.9 Å². The second-order valence-electron chi connectivity index (χ2n) is 6.69. The summed E-state index contributed by atoms with van der Waals surface area (Å²) in [5.74, 6) is -0.334. The summed E-state index contributed by atoms with van der Waals surface area (Å²) in [6.45, 7) is 4.01. The van der Waals surface area contributed by atoms with Crippen molar-refractivity contribution in [2.45, 2.75) is 38.3 Å². The Balaban J connectivity index is 1.83. The van der Waals surface area contributed by atoms with Gasteiger partial charge in [-0.3, -0.25) is 9.78 Å². The number of ether oxygens (including phenoxy) is 1. The van der Waals surface area contributed by atoms with Gasteiger partial charge in [0, 0.05) is 6.54 Å². The van der Waals surface area contributed by atoms with Gasteiger partial charge in [0.15, 0.2) is 11.6 Å². The van der Waals surface area contributed by atoms with Crippen LogP contribution in [-0.2, 0) is 4.79 Å².